The summed E-state index contributed by atoms with van der Waals surface area (Å²) >= 11 is 5.82. The highest BCUT2D eigenvalue weighted by Gasteiger charge is 2.09. The molecule has 1 aliphatic rings. The molecule has 2 rings (SSSR count). The largest absolute Gasteiger partial charge is 0.393 e. The fourth-order valence-electron chi connectivity index (χ4n) is 2.21. The zero-order valence-corrected chi connectivity index (χ0v) is 11.3. The SMILES string of the molecule is Nc1c(Cl)ncnc1NCCCN1CCCCC1. The van der Waals surface area contributed by atoms with Crippen molar-refractivity contribution < 1.29 is 0 Å². The molecule has 0 radical (unpaired) electrons. The summed E-state index contributed by atoms with van der Waals surface area (Å²) in [4.78, 5) is 10.4. The molecule has 0 unspecified atom stereocenters. The van der Waals surface area contributed by atoms with Gasteiger partial charge >= 0.3 is 0 Å². The fraction of sp³-hybridized carbons (Fsp3) is 0.667. The van der Waals surface area contributed by atoms with Crippen LogP contribution in [0.2, 0.25) is 5.15 Å². The molecule has 0 atom stereocenters. The van der Waals surface area contributed by atoms with Crippen LogP contribution >= 0.6 is 11.6 Å². The van der Waals surface area contributed by atoms with Gasteiger partial charge in [0, 0.05) is 6.54 Å². The maximum Gasteiger partial charge on any atom is 0.157 e. The van der Waals surface area contributed by atoms with Gasteiger partial charge in [0.15, 0.2) is 11.0 Å². The minimum Gasteiger partial charge on any atom is -0.393 e. The summed E-state index contributed by atoms with van der Waals surface area (Å²) < 4.78 is 0. The van der Waals surface area contributed by atoms with Crippen LogP contribution in [0.3, 0.4) is 0 Å². The van der Waals surface area contributed by atoms with Crippen LogP contribution < -0.4 is 11.1 Å². The molecule has 0 spiro atoms. The Hall–Kier alpha value is -1.07. The van der Waals surface area contributed by atoms with Gasteiger partial charge in [0.1, 0.15) is 12.0 Å². The summed E-state index contributed by atoms with van der Waals surface area (Å²) in [7, 11) is 0. The molecule has 3 N–H and O–H groups in total. The summed E-state index contributed by atoms with van der Waals surface area (Å²) in [5, 5.41) is 3.51. The van der Waals surface area contributed by atoms with E-state index in [1.165, 1.54) is 38.7 Å². The van der Waals surface area contributed by atoms with Gasteiger partial charge in [-0.3, -0.25) is 0 Å². The number of piperidine rings is 1. The van der Waals surface area contributed by atoms with Gasteiger partial charge in [0.05, 0.1) is 0 Å². The number of nitrogens with zero attached hydrogens (tertiary/aromatic N) is 3. The quantitative estimate of drug-likeness (QED) is 0.632. The number of rotatable bonds is 5. The highest BCUT2D eigenvalue weighted by Crippen LogP contribution is 2.21. The first kappa shape index (κ1) is 13.4. The Labute approximate surface area is 113 Å². The monoisotopic (exact) mass is 269 g/mol. The van der Waals surface area contributed by atoms with Crippen LogP contribution in [-0.4, -0.2) is 41.0 Å². The molecule has 100 valence electrons. The number of halogens is 1. The second-order valence-corrected chi connectivity index (χ2v) is 4.97. The standard InChI is InChI=1S/C12H20ClN5/c13-11-10(14)12(17-9-16-11)15-5-4-8-18-6-2-1-3-7-18/h9H,1-8,14H2,(H,15,16,17). The van der Waals surface area contributed by atoms with E-state index in [2.05, 4.69) is 20.2 Å². The lowest BCUT2D eigenvalue weighted by atomic mass is 10.1. The van der Waals surface area contributed by atoms with Crippen molar-refractivity contribution >= 4 is 23.1 Å². The Morgan fingerprint density at radius 2 is 2.06 bits per heavy atom. The maximum absolute atomic E-state index is 5.82. The summed E-state index contributed by atoms with van der Waals surface area (Å²) in [5.74, 6) is 0.633. The van der Waals surface area contributed by atoms with Crippen molar-refractivity contribution in [3.63, 3.8) is 0 Å². The zero-order chi connectivity index (χ0) is 12.8. The van der Waals surface area contributed by atoms with E-state index in [0.717, 1.165) is 19.5 Å². The molecule has 5 nitrogen and oxygen atoms in total. The number of aromatic nitrogens is 2. The van der Waals surface area contributed by atoms with E-state index in [-0.39, 0.29) is 0 Å². The summed E-state index contributed by atoms with van der Waals surface area (Å²) in [6.07, 6.45) is 6.56. The Morgan fingerprint density at radius 1 is 1.28 bits per heavy atom. The molecule has 2 heterocycles. The van der Waals surface area contributed by atoms with Gasteiger partial charge in [-0.1, -0.05) is 18.0 Å². The Bertz CT molecular complexity index is 379. The number of anilines is 2. The van der Waals surface area contributed by atoms with Crippen molar-refractivity contribution in [2.24, 2.45) is 0 Å². The van der Waals surface area contributed by atoms with Crippen molar-refractivity contribution in [3.8, 4) is 0 Å². The molecule has 1 saturated heterocycles. The summed E-state index contributed by atoms with van der Waals surface area (Å²) in [6, 6.07) is 0. The number of nitrogens with two attached hydrogens (primary N) is 1. The summed E-state index contributed by atoms with van der Waals surface area (Å²) in [5.41, 5.74) is 6.21. The minimum absolute atomic E-state index is 0.309. The van der Waals surface area contributed by atoms with Crippen LogP contribution in [0, 0.1) is 0 Å². The molecule has 18 heavy (non-hydrogen) atoms. The van der Waals surface area contributed by atoms with Crippen LogP contribution in [0.5, 0.6) is 0 Å². The number of hydrogen-bond acceptors (Lipinski definition) is 5. The van der Waals surface area contributed by atoms with Gasteiger partial charge in [-0.25, -0.2) is 9.97 Å². The van der Waals surface area contributed by atoms with Crippen molar-refractivity contribution in [2.45, 2.75) is 25.7 Å². The molecule has 0 saturated carbocycles. The Balaban J connectivity index is 1.70. The fourth-order valence-corrected chi connectivity index (χ4v) is 2.34. The minimum atomic E-state index is 0.309. The second kappa shape index (κ2) is 6.75. The smallest absolute Gasteiger partial charge is 0.157 e. The molecule has 0 aromatic carbocycles. The molecule has 0 bridgehead atoms. The van der Waals surface area contributed by atoms with Gasteiger partial charge in [0.25, 0.3) is 0 Å². The van der Waals surface area contributed by atoms with E-state index in [4.69, 9.17) is 17.3 Å². The predicted molar refractivity (Wildman–Crippen MR) is 74.9 cm³/mol. The normalized spacial score (nSPS) is 16.7. The second-order valence-electron chi connectivity index (χ2n) is 4.61. The van der Waals surface area contributed by atoms with Crippen molar-refractivity contribution in [1.82, 2.24) is 14.9 Å². The average Bonchev–Trinajstić information content (AvgIpc) is 2.40. The first-order chi connectivity index (χ1) is 8.77. The van der Waals surface area contributed by atoms with Crippen LogP contribution in [0.15, 0.2) is 6.33 Å². The highest BCUT2D eigenvalue weighted by molar-refractivity contribution is 6.32. The molecule has 0 aliphatic carbocycles. The molecular weight excluding hydrogens is 250 g/mol. The van der Waals surface area contributed by atoms with E-state index in [1.54, 1.807) is 0 Å². The third-order valence-corrected chi connectivity index (χ3v) is 3.53. The zero-order valence-electron chi connectivity index (χ0n) is 10.5. The topological polar surface area (TPSA) is 67.1 Å². The van der Waals surface area contributed by atoms with Gasteiger partial charge < -0.3 is 16.0 Å². The third-order valence-electron chi connectivity index (χ3n) is 3.23. The molecule has 1 aliphatic heterocycles. The summed E-state index contributed by atoms with van der Waals surface area (Å²) in [6.45, 7) is 4.46. The van der Waals surface area contributed by atoms with E-state index in [9.17, 15) is 0 Å². The van der Waals surface area contributed by atoms with Gasteiger partial charge in [0.2, 0.25) is 0 Å². The molecule has 1 aromatic heterocycles. The van der Waals surface area contributed by atoms with Crippen molar-refractivity contribution in [1.29, 1.82) is 0 Å². The lowest BCUT2D eigenvalue weighted by Crippen LogP contribution is -2.31. The molecule has 1 aromatic rings. The lowest BCUT2D eigenvalue weighted by Gasteiger charge is -2.26. The molecule has 0 amide bonds. The van der Waals surface area contributed by atoms with Gasteiger partial charge in [-0.2, -0.15) is 0 Å². The average molecular weight is 270 g/mol. The van der Waals surface area contributed by atoms with Crippen molar-refractivity contribution in [2.75, 3.05) is 37.2 Å². The highest BCUT2D eigenvalue weighted by atomic mass is 35.5. The lowest BCUT2D eigenvalue weighted by molar-refractivity contribution is 0.228. The molecule has 6 heteroatoms. The Kier molecular flexibility index (Phi) is 5.01. The number of nitrogen functional groups attached to an aromatic ring is 1. The maximum atomic E-state index is 5.82. The van der Waals surface area contributed by atoms with Gasteiger partial charge in [-0.05, 0) is 38.9 Å². The van der Waals surface area contributed by atoms with E-state index < -0.39 is 0 Å². The first-order valence-electron chi connectivity index (χ1n) is 6.49. The van der Waals surface area contributed by atoms with E-state index in [0.29, 0.717) is 16.7 Å². The third kappa shape index (κ3) is 3.71. The molecule has 1 fully saturated rings. The first-order valence-corrected chi connectivity index (χ1v) is 6.87. The van der Waals surface area contributed by atoms with Crippen LogP contribution in [0.25, 0.3) is 0 Å². The number of hydrogen-bond donors (Lipinski definition) is 2. The predicted octanol–water partition coefficient (Wildman–Crippen LogP) is 2.00. The van der Waals surface area contributed by atoms with E-state index >= 15 is 0 Å². The van der Waals surface area contributed by atoms with Gasteiger partial charge in [-0.15, -0.1) is 0 Å². The van der Waals surface area contributed by atoms with Crippen molar-refractivity contribution in [3.05, 3.63) is 11.5 Å². The van der Waals surface area contributed by atoms with Crippen LogP contribution in [-0.2, 0) is 0 Å². The Morgan fingerprint density at radius 3 is 2.83 bits per heavy atom. The van der Waals surface area contributed by atoms with Crippen LogP contribution in [0.1, 0.15) is 25.7 Å². The van der Waals surface area contributed by atoms with Crippen LogP contribution in [0.4, 0.5) is 11.5 Å². The molecular formula is C12H20ClN5. The van der Waals surface area contributed by atoms with E-state index in [1.807, 2.05) is 0 Å². The number of likely N-dealkylation sites (tertiary alicyclic amines) is 1. The number of nitrogens with one attached hydrogen (secondary N) is 1.